The maximum absolute atomic E-state index is 12.7. The summed E-state index contributed by atoms with van der Waals surface area (Å²) >= 11 is 0. The Balaban J connectivity index is 1.84. The highest BCUT2D eigenvalue weighted by molar-refractivity contribution is 5.43. The second-order valence-electron chi connectivity index (χ2n) is 6.30. The van der Waals surface area contributed by atoms with Gasteiger partial charge in [-0.1, -0.05) is 24.3 Å². The molecule has 1 aliphatic rings. The van der Waals surface area contributed by atoms with E-state index in [0.717, 1.165) is 36.5 Å². The number of rotatable bonds is 7. The van der Waals surface area contributed by atoms with Gasteiger partial charge >= 0.3 is 6.61 Å². The Labute approximate surface area is 157 Å². The molecule has 2 aromatic rings. The van der Waals surface area contributed by atoms with Crippen molar-refractivity contribution < 1.29 is 23.0 Å². The minimum Gasteiger partial charge on any atom is -0.496 e. The highest BCUT2D eigenvalue weighted by Crippen LogP contribution is 2.33. The maximum Gasteiger partial charge on any atom is 0.387 e. The first kappa shape index (κ1) is 19.4. The highest BCUT2D eigenvalue weighted by Gasteiger charge is 2.26. The van der Waals surface area contributed by atoms with Crippen molar-refractivity contribution in [1.29, 1.82) is 0 Å². The largest absolute Gasteiger partial charge is 0.496 e. The van der Waals surface area contributed by atoms with Gasteiger partial charge in [-0.05, 0) is 23.8 Å². The van der Waals surface area contributed by atoms with Gasteiger partial charge in [0.05, 0.1) is 20.3 Å². The molecule has 146 valence electrons. The van der Waals surface area contributed by atoms with E-state index in [0.29, 0.717) is 12.3 Å². The van der Waals surface area contributed by atoms with Gasteiger partial charge in [-0.25, -0.2) is 0 Å². The molecule has 1 saturated heterocycles. The Bertz CT molecular complexity index is 758. The van der Waals surface area contributed by atoms with E-state index < -0.39 is 6.61 Å². The third kappa shape index (κ3) is 4.67. The average molecular weight is 378 g/mol. The van der Waals surface area contributed by atoms with Crippen molar-refractivity contribution in [2.24, 2.45) is 0 Å². The summed E-state index contributed by atoms with van der Waals surface area (Å²) in [5.74, 6) is 1.18. The van der Waals surface area contributed by atoms with Crippen LogP contribution in [0, 0.1) is 0 Å². The predicted octanol–water partition coefficient (Wildman–Crippen LogP) is 3.45. The van der Waals surface area contributed by atoms with Gasteiger partial charge in [-0.3, -0.25) is 4.90 Å². The number of nitrogens with zero attached hydrogens (tertiary/aromatic N) is 1. The lowest BCUT2D eigenvalue weighted by Gasteiger charge is -2.37. The molecule has 0 aliphatic carbocycles. The summed E-state index contributed by atoms with van der Waals surface area (Å²) in [6.45, 7) is 0.196. The number of ether oxygens (including phenoxy) is 3. The number of benzene rings is 2. The summed E-state index contributed by atoms with van der Waals surface area (Å²) in [4.78, 5) is 2.31. The van der Waals surface area contributed by atoms with E-state index in [1.54, 1.807) is 19.2 Å². The van der Waals surface area contributed by atoms with Crippen LogP contribution >= 0.6 is 0 Å². The van der Waals surface area contributed by atoms with Crippen molar-refractivity contribution in [2.75, 3.05) is 33.9 Å². The van der Waals surface area contributed by atoms with Crippen LogP contribution in [0.4, 0.5) is 8.78 Å². The molecule has 0 amide bonds. The second kappa shape index (κ2) is 9.01. The minimum atomic E-state index is -2.89. The van der Waals surface area contributed by atoms with Crippen LogP contribution in [0.5, 0.6) is 17.2 Å². The average Bonchev–Trinajstić information content (AvgIpc) is 2.68. The molecule has 0 spiro atoms. The number of alkyl halides is 2. The van der Waals surface area contributed by atoms with Crippen molar-refractivity contribution in [2.45, 2.75) is 19.2 Å². The topological polar surface area (TPSA) is 43.0 Å². The van der Waals surface area contributed by atoms with E-state index in [2.05, 4.69) is 21.0 Å². The minimum absolute atomic E-state index is 0.0500. The number of para-hydroxylation sites is 1. The molecular formula is C20H24F2N2O3. The van der Waals surface area contributed by atoms with Crippen LogP contribution in [0.3, 0.4) is 0 Å². The Morgan fingerprint density at radius 1 is 1.07 bits per heavy atom. The Morgan fingerprint density at radius 2 is 1.85 bits per heavy atom. The van der Waals surface area contributed by atoms with Gasteiger partial charge in [0.25, 0.3) is 0 Å². The molecule has 0 radical (unpaired) electrons. The molecular weight excluding hydrogens is 354 g/mol. The van der Waals surface area contributed by atoms with Gasteiger partial charge in [-0.2, -0.15) is 8.78 Å². The first-order valence-corrected chi connectivity index (χ1v) is 8.81. The molecule has 0 saturated carbocycles. The molecule has 1 fully saturated rings. The zero-order valence-corrected chi connectivity index (χ0v) is 15.5. The number of nitrogens with one attached hydrogen (secondary N) is 1. The SMILES string of the molecule is COc1ccc(CN2CCNCC2c2ccccc2OC)cc1OC(F)F. The fraction of sp³-hybridized carbons (Fsp3) is 0.400. The molecule has 2 aromatic carbocycles. The van der Waals surface area contributed by atoms with E-state index >= 15 is 0 Å². The lowest BCUT2D eigenvalue weighted by molar-refractivity contribution is -0.0512. The van der Waals surface area contributed by atoms with Crippen LogP contribution in [0.1, 0.15) is 17.2 Å². The van der Waals surface area contributed by atoms with Crippen LogP contribution in [0.2, 0.25) is 0 Å². The first-order valence-electron chi connectivity index (χ1n) is 8.81. The molecule has 1 heterocycles. The van der Waals surface area contributed by atoms with Gasteiger partial charge in [0.2, 0.25) is 0 Å². The van der Waals surface area contributed by atoms with Crippen molar-refractivity contribution >= 4 is 0 Å². The highest BCUT2D eigenvalue weighted by atomic mass is 19.3. The van der Waals surface area contributed by atoms with Crippen LogP contribution in [-0.2, 0) is 6.54 Å². The van der Waals surface area contributed by atoms with Crippen LogP contribution in [0.25, 0.3) is 0 Å². The lowest BCUT2D eigenvalue weighted by Crippen LogP contribution is -2.45. The molecule has 1 N–H and O–H groups in total. The number of hydrogen-bond donors (Lipinski definition) is 1. The monoisotopic (exact) mass is 378 g/mol. The van der Waals surface area contributed by atoms with E-state index in [9.17, 15) is 8.78 Å². The fourth-order valence-electron chi connectivity index (χ4n) is 3.43. The van der Waals surface area contributed by atoms with E-state index in [1.165, 1.54) is 7.11 Å². The zero-order chi connectivity index (χ0) is 19.2. The quantitative estimate of drug-likeness (QED) is 0.799. The van der Waals surface area contributed by atoms with Gasteiger partial charge < -0.3 is 19.5 Å². The third-order valence-electron chi connectivity index (χ3n) is 4.68. The summed E-state index contributed by atoms with van der Waals surface area (Å²) in [6, 6.07) is 13.2. The fourth-order valence-corrected chi connectivity index (χ4v) is 3.43. The number of piperazine rings is 1. The van der Waals surface area contributed by atoms with Gasteiger partial charge in [0.15, 0.2) is 11.5 Å². The summed E-state index contributed by atoms with van der Waals surface area (Å²) in [6.07, 6.45) is 0. The summed E-state index contributed by atoms with van der Waals surface area (Å²) in [7, 11) is 3.10. The van der Waals surface area contributed by atoms with Gasteiger partial charge in [0, 0.05) is 31.7 Å². The van der Waals surface area contributed by atoms with Gasteiger partial charge in [-0.15, -0.1) is 0 Å². The van der Waals surface area contributed by atoms with E-state index in [-0.39, 0.29) is 11.8 Å². The lowest BCUT2D eigenvalue weighted by atomic mass is 10.0. The number of hydrogen-bond acceptors (Lipinski definition) is 5. The van der Waals surface area contributed by atoms with Gasteiger partial charge in [0.1, 0.15) is 5.75 Å². The molecule has 0 aromatic heterocycles. The molecule has 27 heavy (non-hydrogen) atoms. The Morgan fingerprint density at radius 3 is 2.59 bits per heavy atom. The van der Waals surface area contributed by atoms with Crippen LogP contribution in [0.15, 0.2) is 42.5 Å². The van der Waals surface area contributed by atoms with Crippen molar-refractivity contribution in [1.82, 2.24) is 10.2 Å². The van der Waals surface area contributed by atoms with Crippen molar-refractivity contribution in [3.63, 3.8) is 0 Å². The molecule has 3 rings (SSSR count). The third-order valence-corrected chi connectivity index (χ3v) is 4.68. The smallest absolute Gasteiger partial charge is 0.387 e. The van der Waals surface area contributed by atoms with E-state index in [1.807, 2.05) is 24.3 Å². The van der Waals surface area contributed by atoms with Crippen LogP contribution < -0.4 is 19.5 Å². The standard InChI is InChI=1S/C20H24F2N2O3/c1-25-17-6-4-3-5-15(17)16-12-23-9-10-24(16)13-14-7-8-18(26-2)19(11-14)27-20(21)22/h3-8,11,16,20,23H,9-10,12-13H2,1-2H3. The van der Waals surface area contributed by atoms with Crippen molar-refractivity contribution in [3.05, 3.63) is 53.6 Å². The molecule has 7 heteroatoms. The predicted molar refractivity (Wildman–Crippen MR) is 98.6 cm³/mol. The Hall–Kier alpha value is -2.38. The van der Waals surface area contributed by atoms with Crippen molar-refractivity contribution in [3.8, 4) is 17.2 Å². The summed E-state index contributed by atoms with van der Waals surface area (Å²) in [5, 5.41) is 3.42. The number of methoxy groups -OCH3 is 2. The maximum atomic E-state index is 12.7. The Kier molecular flexibility index (Phi) is 6.47. The van der Waals surface area contributed by atoms with E-state index in [4.69, 9.17) is 9.47 Å². The zero-order valence-electron chi connectivity index (χ0n) is 15.5. The normalized spacial score (nSPS) is 17.7. The molecule has 1 atom stereocenters. The molecule has 5 nitrogen and oxygen atoms in total. The summed E-state index contributed by atoms with van der Waals surface area (Å²) < 4.78 is 40.6. The second-order valence-corrected chi connectivity index (χ2v) is 6.30. The molecule has 1 aliphatic heterocycles. The summed E-state index contributed by atoms with van der Waals surface area (Å²) in [5.41, 5.74) is 1.98. The number of halogens is 2. The van der Waals surface area contributed by atoms with Crippen LogP contribution in [-0.4, -0.2) is 45.4 Å². The molecule has 0 bridgehead atoms. The first-order chi connectivity index (χ1) is 13.1. The molecule has 1 unspecified atom stereocenters.